The van der Waals surface area contributed by atoms with Crippen molar-refractivity contribution in [3.05, 3.63) is 152 Å². The van der Waals surface area contributed by atoms with Crippen LogP contribution in [0.2, 0.25) is 0 Å². The quantitative estimate of drug-likeness (QED) is 0.155. The van der Waals surface area contributed by atoms with Gasteiger partial charge in [0.15, 0.2) is 0 Å². The van der Waals surface area contributed by atoms with Gasteiger partial charge in [-0.1, -0.05) is 138 Å². The third-order valence-electron chi connectivity index (χ3n) is 12.9. The Morgan fingerprint density at radius 1 is 0.351 bits per heavy atom. The van der Waals surface area contributed by atoms with Crippen LogP contribution in [0.1, 0.15) is 0 Å². The second kappa shape index (κ2) is 12.9. The molecular weight excluding hydrogens is 703 g/mol. The first-order valence-corrected chi connectivity index (χ1v) is 20.7. The van der Waals surface area contributed by atoms with E-state index in [0.29, 0.717) is 0 Å². The third kappa shape index (κ3) is 5.01. The Kier molecular flexibility index (Phi) is 7.75. The maximum absolute atomic E-state index is 6.69. The van der Waals surface area contributed by atoms with Crippen LogP contribution in [-0.2, 0) is 0 Å². The Balaban J connectivity index is 1.22. The first-order valence-electron chi connectivity index (χ1n) is 19.9. The largest absolute Gasteiger partial charge is 0.455 e. The number of benzene rings is 9. The van der Waals surface area contributed by atoms with E-state index in [2.05, 4.69) is 191 Å². The van der Waals surface area contributed by atoms with E-state index in [-0.39, 0.29) is 0 Å². The van der Waals surface area contributed by atoms with Crippen LogP contribution in [0.3, 0.4) is 0 Å². The molecule has 0 amide bonds. The van der Waals surface area contributed by atoms with E-state index in [0.717, 1.165) is 27.5 Å². The van der Waals surface area contributed by atoms with Gasteiger partial charge in [0, 0.05) is 36.5 Å². The molecule has 0 unspecified atom stereocenters. The van der Waals surface area contributed by atoms with Crippen LogP contribution < -0.4 is 27.3 Å². The number of thiophene rings is 1. The molecule has 0 saturated heterocycles. The van der Waals surface area contributed by atoms with Crippen LogP contribution in [0.25, 0.3) is 108 Å². The van der Waals surface area contributed by atoms with Crippen molar-refractivity contribution >= 4 is 142 Å². The maximum Gasteiger partial charge on any atom is 0.143 e. The molecule has 57 heavy (non-hydrogen) atoms. The van der Waals surface area contributed by atoms with Gasteiger partial charge >= 0.3 is 0 Å². The molecule has 1 nitrogen and oxygen atoms in total. The van der Waals surface area contributed by atoms with Gasteiger partial charge in [-0.2, -0.15) is 0 Å². The van der Waals surface area contributed by atoms with Crippen LogP contribution in [0.4, 0.5) is 0 Å². The van der Waals surface area contributed by atoms with Crippen molar-refractivity contribution in [2.45, 2.75) is 0 Å². The molecule has 0 atom stereocenters. The summed E-state index contributed by atoms with van der Waals surface area (Å²) in [5.41, 5.74) is 18.6. The van der Waals surface area contributed by atoms with Crippen molar-refractivity contribution in [1.29, 1.82) is 0 Å². The van der Waals surface area contributed by atoms with Gasteiger partial charge in [-0.05, 0) is 84.8 Å². The number of hydrogen-bond donors (Lipinski definition) is 0. The fourth-order valence-electron chi connectivity index (χ4n) is 9.71. The Morgan fingerprint density at radius 2 is 0.877 bits per heavy atom. The highest BCUT2D eigenvalue weighted by atomic mass is 32.1. The second-order valence-electron chi connectivity index (χ2n) is 15.7. The van der Waals surface area contributed by atoms with Gasteiger partial charge in [-0.3, -0.25) is 0 Å². The number of fused-ring (bicyclic) bond motifs is 8. The van der Waals surface area contributed by atoms with Crippen molar-refractivity contribution in [2.75, 3.05) is 0 Å². The average molecular weight is 738 g/mol. The average Bonchev–Trinajstić information content (AvgIpc) is 3.83. The summed E-state index contributed by atoms with van der Waals surface area (Å²) in [5, 5.41) is 9.96. The first kappa shape index (κ1) is 34.1. The fourth-order valence-corrected chi connectivity index (χ4v) is 10.8. The molecule has 11 aromatic rings. The summed E-state index contributed by atoms with van der Waals surface area (Å²) < 4.78 is 9.27. The van der Waals surface area contributed by atoms with Crippen LogP contribution in [0.15, 0.2) is 156 Å². The van der Waals surface area contributed by atoms with E-state index >= 15 is 0 Å². The van der Waals surface area contributed by atoms with Crippen LogP contribution in [-0.4, -0.2) is 39.2 Å². The van der Waals surface area contributed by atoms with Crippen LogP contribution in [0, 0.1) is 0 Å². The molecule has 0 radical (unpaired) electrons. The van der Waals surface area contributed by atoms with Crippen LogP contribution >= 0.6 is 11.3 Å². The molecule has 2 aromatic heterocycles. The summed E-state index contributed by atoms with van der Waals surface area (Å²) in [7, 11) is 11.4. The predicted octanol–water partition coefficient (Wildman–Crippen LogP) is 6.22. The lowest BCUT2D eigenvalue weighted by atomic mass is 9.59. The molecule has 0 N–H and O–H groups in total. The summed E-state index contributed by atoms with van der Waals surface area (Å²) in [4.78, 5) is 0. The lowest BCUT2D eigenvalue weighted by Gasteiger charge is -2.24. The number of hydrogen-bond acceptors (Lipinski definition) is 2. The van der Waals surface area contributed by atoms with Gasteiger partial charge in [0.05, 0.1) is 0 Å². The smallest absolute Gasteiger partial charge is 0.143 e. The molecule has 262 valence electrons. The number of furan rings is 1. The summed E-state index contributed by atoms with van der Waals surface area (Å²) in [6.45, 7) is 0. The van der Waals surface area contributed by atoms with E-state index in [9.17, 15) is 0 Å². The zero-order valence-corrected chi connectivity index (χ0v) is 33.6. The molecule has 0 aliphatic rings. The Labute approximate surface area is 340 Å². The molecule has 0 aliphatic carbocycles. The maximum atomic E-state index is 6.69. The highest BCUT2D eigenvalue weighted by Crippen LogP contribution is 2.49. The zero-order chi connectivity index (χ0) is 38.5. The summed E-state index contributed by atoms with van der Waals surface area (Å²) in [6.07, 6.45) is 0. The Morgan fingerprint density at radius 3 is 1.56 bits per heavy atom. The van der Waals surface area contributed by atoms with Gasteiger partial charge in [-0.25, -0.2) is 0 Å². The number of rotatable bonds is 4. The highest BCUT2D eigenvalue weighted by Gasteiger charge is 2.23. The normalized spacial score (nSPS) is 11.9. The Bertz CT molecular complexity index is 3400. The highest BCUT2D eigenvalue weighted by molar-refractivity contribution is 7.26. The fraction of sp³-hybridized carbons (Fsp3) is 0. The van der Waals surface area contributed by atoms with Gasteiger partial charge in [0.25, 0.3) is 0 Å². The molecule has 0 spiro atoms. The van der Waals surface area contributed by atoms with Crippen molar-refractivity contribution in [3.8, 4) is 44.5 Å². The van der Waals surface area contributed by atoms with Crippen molar-refractivity contribution in [3.63, 3.8) is 0 Å². The zero-order valence-electron chi connectivity index (χ0n) is 32.8. The second-order valence-corrected chi connectivity index (χ2v) is 16.7. The Hall–Kier alpha value is -6.16. The van der Waals surface area contributed by atoms with Gasteiger partial charge in [0.1, 0.15) is 50.4 Å². The third-order valence-corrected chi connectivity index (χ3v) is 14.0. The lowest BCUT2D eigenvalue weighted by molar-refractivity contribution is 0.670. The minimum absolute atomic E-state index is 0.911. The standard InChI is InChI=1S/C50H35B5OS/c51-45-44(46(52)48(54)49(55)47(45)53)42-31-16-3-1-14-29(31)40(30-15-2-4-17-32(30)42)26-11-9-12-27(25-26)41-33(23-24-39-43(41)36-18-6-8-22-38(36)57-39)35-20-10-19-34-28-13-5-7-21-37(28)56-50(34)35/h1-25H,51-55H2. The predicted molar refractivity (Wildman–Crippen MR) is 264 cm³/mol. The van der Waals surface area contributed by atoms with Crippen molar-refractivity contribution < 1.29 is 4.42 Å². The molecule has 0 bridgehead atoms. The molecule has 2 heterocycles. The monoisotopic (exact) mass is 738 g/mol. The summed E-state index contributed by atoms with van der Waals surface area (Å²) in [5.74, 6) is 0. The van der Waals surface area contributed by atoms with Crippen molar-refractivity contribution in [2.24, 2.45) is 0 Å². The van der Waals surface area contributed by atoms with Gasteiger partial charge < -0.3 is 4.42 Å². The van der Waals surface area contributed by atoms with E-state index in [1.54, 1.807) is 0 Å². The topological polar surface area (TPSA) is 13.1 Å². The molecule has 0 saturated carbocycles. The van der Waals surface area contributed by atoms with Crippen LogP contribution in [0.5, 0.6) is 0 Å². The summed E-state index contributed by atoms with van der Waals surface area (Å²) in [6, 6.07) is 55.9. The molecule has 0 fully saturated rings. The number of para-hydroxylation sites is 2. The molecule has 9 aromatic carbocycles. The SMILES string of the molecule is Bc1c(B)c(B)c(-c2c3ccccc3c(-c3cccc(-c4c(-c5cccc6c5oc5ccccc56)ccc5sc6ccccc6c45)c3)c3ccccc23)c(B)c1B. The van der Waals surface area contributed by atoms with E-state index in [1.165, 1.54) is 108 Å². The first-order chi connectivity index (χ1) is 27.9. The van der Waals surface area contributed by atoms with E-state index < -0.39 is 0 Å². The summed E-state index contributed by atoms with van der Waals surface area (Å²) >= 11 is 1.87. The molecule has 7 heteroatoms. The molecule has 0 aliphatic heterocycles. The van der Waals surface area contributed by atoms with Crippen molar-refractivity contribution in [1.82, 2.24) is 0 Å². The van der Waals surface area contributed by atoms with Gasteiger partial charge in [0.2, 0.25) is 0 Å². The minimum atomic E-state index is 0.911. The van der Waals surface area contributed by atoms with E-state index in [1.807, 2.05) is 11.3 Å². The lowest BCUT2D eigenvalue weighted by Crippen LogP contribution is -2.55. The molecular formula is C50H35B5OS. The van der Waals surface area contributed by atoms with Gasteiger partial charge in [-0.15, -0.1) is 27.7 Å². The van der Waals surface area contributed by atoms with E-state index in [4.69, 9.17) is 4.42 Å². The minimum Gasteiger partial charge on any atom is -0.455 e. The molecule has 11 rings (SSSR count).